The molecule has 2 aliphatic heterocycles. The Hall–Kier alpha value is -2.58. The van der Waals surface area contributed by atoms with Gasteiger partial charge in [-0.2, -0.15) is 5.26 Å². The van der Waals surface area contributed by atoms with E-state index in [9.17, 15) is 4.79 Å². The van der Waals surface area contributed by atoms with E-state index in [0.29, 0.717) is 55.5 Å². The number of aromatic nitrogens is 2. The number of carbonyl (C=O) groups excluding carboxylic acids is 1. The number of anilines is 2. The number of pyridine rings is 1. The van der Waals surface area contributed by atoms with E-state index >= 15 is 0 Å². The molecule has 2 N–H and O–H groups in total. The van der Waals surface area contributed by atoms with Crippen LogP contribution in [-0.2, 0) is 9.47 Å². The van der Waals surface area contributed by atoms with Gasteiger partial charge in [0, 0.05) is 30.1 Å². The summed E-state index contributed by atoms with van der Waals surface area (Å²) in [4.78, 5) is 23.7. The molecular weight excluding hydrogens is 416 g/mol. The fraction of sp³-hybridized carbons (Fsp3) is 0.524. The van der Waals surface area contributed by atoms with E-state index < -0.39 is 0 Å². The normalized spacial score (nSPS) is 21.9. The second-order valence-electron chi connectivity index (χ2n) is 7.62. The van der Waals surface area contributed by atoms with E-state index in [1.165, 1.54) is 11.3 Å². The van der Waals surface area contributed by atoms with Gasteiger partial charge in [0.15, 0.2) is 5.13 Å². The van der Waals surface area contributed by atoms with Gasteiger partial charge >= 0.3 is 0 Å². The Morgan fingerprint density at radius 1 is 1.35 bits per heavy atom. The van der Waals surface area contributed by atoms with Crippen LogP contribution in [0.1, 0.15) is 34.9 Å². The van der Waals surface area contributed by atoms with Crippen LogP contribution in [-0.4, -0.2) is 72.9 Å². The average Bonchev–Trinajstić information content (AvgIpc) is 3.27. The lowest BCUT2D eigenvalue weighted by Crippen LogP contribution is -2.39. The molecule has 9 nitrogen and oxygen atoms in total. The van der Waals surface area contributed by atoms with Gasteiger partial charge in [-0.15, -0.1) is 11.3 Å². The number of ether oxygens (including phenoxy) is 2. The highest BCUT2D eigenvalue weighted by atomic mass is 32.1. The number of carbonyl (C=O) groups is 1. The Morgan fingerprint density at radius 3 is 3.13 bits per heavy atom. The number of hydrogen-bond donors (Lipinski definition) is 2. The lowest BCUT2D eigenvalue weighted by Gasteiger charge is -2.30. The molecule has 2 aromatic heterocycles. The first-order chi connectivity index (χ1) is 15.2. The molecule has 2 fully saturated rings. The van der Waals surface area contributed by atoms with Gasteiger partial charge in [-0.1, -0.05) is 6.07 Å². The van der Waals surface area contributed by atoms with Crippen LogP contribution >= 0.6 is 11.3 Å². The Morgan fingerprint density at radius 2 is 2.29 bits per heavy atom. The van der Waals surface area contributed by atoms with Crippen molar-refractivity contribution in [2.24, 2.45) is 0 Å². The van der Waals surface area contributed by atoms with Crippen LogP contribution in [0.5, 0.6) is 0 Å². The van der Waals surface area contributed by atoms with Crippen molar-refractivity contribution in [2.75, 3.05) is 51.3 Å². The molecule has 2 aromatic rings. The molecule has 0 radical (unpaired) electrons. The van der Waals surface area contributed by atoms with Crippen molar-refractivity contribution in [3.8, 4) is 6.07 Å². The minimum Gasteiger partial charge on any atom is -0.376 e. The maximum atomic E-state index is 12.4. The van der Waals surface area contributed by atoms with Crippen molar-refractivity contribution in [3.05, 3.63) is 35.0 Å². The highest BCUT2D eigenvalue weighted by molar-refractivity contribution is 7.14. The summed E-state index contributed by atoms with van der Waals surface area (Å²) in [7, 11) is 0. The topological polar surface area (TPSA) is 112 Å². The number of hydrogen-bond acceptors (Lipinski definition) is 9. The third kappa shape index (κ3) is 5.98. The Labute approximate surface area is 185 Å². The van der Waals surface area contributed by atoms with E-state index in [-0.39, 0.29) is 12.0 Å². The molecule has 2 unspecified atom stereocenters. The fourth-order valence-electron chi connectivity index (χ4n) is 3.79. The van der Waals surface area contributed by atoms with Crippen LogP contribution in [0, 0.1) is 11.3 Å². The number of amides is 1. The van der Waals surface area contributed by atoms with Gasteiger partial charge in [0.25, 0.3) is 5.91 Å². The van der Waals surface area contributed by atoms with Gasteiger partial charge in [0.1, 0.15) is 11.5 Å². The molecule has 0 aliphatic carbocycles. The average molecular weight is 443 g/mol. The summed E-state index contributed by atoms with van der Waals surface area (Å²) in [6.07, 6.45) is 2.01. The SMILES string of the molecule is N#CCN1CCCC(c2cccc(Nc3nc(C(=O)NCC4COCCO4)cs3)n2)C1. The molecule has 0 saturated carbocycles. The lowest BCUT2D eigenvalue weighted by molar-refractivity contribution is -0.0855. The predicted molar refractivity (Wildman–Crippen MR) is 117 cm³/mol. The van der Waals surface area contributed by atoms with Gasteiger partial charge in [-0.25, -0.2) is 9.97 Å². The first-order valence-corrected chi connectivity index (χ1v) is 11.4. The van der Waals surface area contributed by atoms with Crippen molar-refractivity contribution in [3.63, 3.8) is 0 Å². The number of nitriles is 1. The summed E-state index contributed by atoms with van der Waals surface area (Å²) in [5.41, 5.74) is 1.37. The summed E-state index contributed by atoms with van der Waals surface area (Å²) >= 11 is 1.36. The summed E-state index contributed by atoms with van der Waals surface area (Å²) in [6.45, 7) is 4.30. The molecule has 10 heteroatoms. The van der Waals surface area contributed by atoms with E-state index in [4.69, 9.17) is 19.7 Å². The van der Waals surface area contributed by atoms with Crippen molar-refractivity contribution in [2.45, 2.75) is 24.9 Å². The van der Waals surface area contributed by atoms with Crippen LogP contribution in [0.15, 0.2) is 23.6 Å². The third-order valence-corrected chi connectivity index (χ3v) is 6.09. The summed E-state index contributed by atoms with van der Waals surface area (Å²) < 4.78 is 10.9. The molecule has 4 heterocycles. The largest absolute Gasteiger partial charge is 0.376 e. The van der Waals surface area contributed by atoms with Gasteiger partial charge in [-0.3, -0.25) is 9.69 Å². The van der Waals surface area contributed by atoms with Gasteiger partial charge in [-0.05, 0) is 31.5 Å². The second kappa shape index (κ2) is 10.6. The van der Waals surface area contributed by atoms with E-state index in [1.54, 1.807) is 5.38 Å². The van der Waals surface area contributed by atoms with E-state index in [0.717, 1.165) is 31.6 Å². The smallest absolute Gasteiger partial charge is 0.270 e. The van der Waals surface area contributed by atoms with Crippen LogP contribution in [0.2, 0.25) is 0 Å². The Kier molecular flexibility index (Phi) is 7.43. The minimum absolute atomic E-state index is 0.121. The zero-order valence-corrected chi connectivity index (χ0v) is 18.1. The molecule has 2 atom stereocenters. The summed E-state index contributed by atoms with van der Waals surface area (Å²) in [6, 6.07) is 8.13. The maximum absolute atomic E-state index is 12.4. The van der Waals surface area contributed by atoms with Crippen LogP contribution in [0.25, 0.3) is 0 Å². The van der Waals surface area contributed by atoms with E-state index in [2.05, 4.69) is 26.6 Å². The third-order valence-electron chi connectivity index (χ3n) is 5.34. The second-order valence-corrected chi connectivity index (χ2v) is 8.48. The molecule has 2 aliphatic rings. The number of likely N-dealkylation sites (tertiary alicyclic amines) is 1. The van der Waals surface area contributed by atoms with Crippen molar-refractivity contribution in [1.82, 2.24) is 20.2 Å². The molecule has 0 spiro atoms. The van der Waals surface area contributed by atoms with Gasteiger partial charge in [0.05, 0.1) is 38.5 Å². The highest BCUT2D eigenvalue weighted by Crippen LogP contribution is 2.27. The molecule has 31 heavy (non-hydrogen) atoms. The standard InChI is InChI=1S/C21H26N6O3S/c22-6-8-27-7-2-3-15(12-27)17-4-1-5-19(24-17)26-21-25-18(14-31-21)20(28)23-11-16-13-29-9-10-30-16/h1,4-5,14-16H,2-3,7-13H2,(H,23,28)(H,24,25,26). The zero-order chi connectivity index (χ0) is 21.5. The quantitative estimate of drug-likeness (QED) is 0.627. The first kappa shape index (κ1) is 21.6. The van der Waals surface area contributed by atoms with E-state index in [1.807, 2.05) is 18.2 Å². The van der Waals surface area contributed by atoms with Crippen LogP contribution in [0.3, 0.4) is 0 Å². The van der Waals surface area contributed by atoms with Crippen molar-refractivity contribution < 1.29 is 14.3 Å². The molecule has 164 valence electrons. The lowest BCUT2D eigenvalue weighted by atomic mass is 9.94. The minimum atomic E-state index is -0.236. The monoisotopic (exact) mass is 442 g/mol. The number of rotatable bonds is 7. The van der Waals surface area contributed by atoms with Crippen molar-refractivity contribution in [1.29, 1.82) is 5.26 Å². The van der Waals surface area contributed by atoms with Gasteiger partial charge in [0.2, 0.25) is 0 Å². The Bertz CT molecular complexity index is 924. The van der Waals surface area contributed by atoms with Crippen molar-refractivity contribution >= 4 is 28.2 Å². The first-order valence-electron chi connectivity index (χ1n) is 10.5. The molecule has 0 bridgehead atoms. The molecule has 1 amide bonds. The summed E-state index contributed by atoms with van der Waals surface area (Å²) in [5, 5.41) is 17.3. The Balaban J connectivity index is 1.33. The predicted octanol–water partition coefficient (Wildman–Crippen LogP) is 2.13. The summed E-state index contributed by atoms with van der Waals surface area (Å²) in [5.74, 6) is 0.774. The molecule has 0 aromatic carbocycles. The van der Waals surface area contributed by atoms with Crippen LogP contribution < -0.4 is 10.6 Å². The maximum Gasteiger partial charge on any atom is 0.270 e. The molecular formula is C21H26N6O3S. The number of nitrogens with one attached hydrogen (secondary N) is 2. The number of thiazole rings is 1. The molecule has 2 saturated heterocycles. The number of piperidine rings is 1. The van der Waals surface area contributed by atoms with Gasteiger partial charge < -0.3 is 20.1 Å². The van der Waals surface area contributed by atoms with Crippen LogP contribution in [0.4, 0.5) is 10.9 Å². The zero-order valence-electron chi connectivity index (χ0n) is 17.2. The number of nitrogens with zero attached hydrogens (tertiary/aromatic N) is 4. The molecule has 4 rings (SSSR count). The highest BCUT2D eigenvalue weighted by Gasteiger charge is 2.22. The fourth-order valence-corrected chi connectivity index (χ4v) is 4.48.